The van der Waals surface area contributed by atoms with E-state index >= 15 is 0 Å². The van der Waals surface area contributed by atoms with E-state index in [1.165, 1.54) is 16.7 Å². The van der Waals surface area contributed by atoms with Gasteiger partial charge in [-0.3, -0.25) is 0 Å². The largest absolute Gasteiger partial charge is 0.382 e. The molecule has 0 aliphatic carbocycles. The van der Waals surface area contributed by atoms with E-state index in [4.69, 9.17) is 4.74 Å². The fraction of sp³-hybridized carbons (Fsp3) is 0.625. The molecule has 1 aromatic carbocycles. The van der Waals surface area contributed by atoms with Crippen LogP contribution < -0.4 is 5.32 Å². The molecule has 0 amide bonds. The molecule has 2 heteroatoms. The smallest absolute Gasteiger partial charge is 0.0561 e. The average Bonchev–Trinajstić information content (AvgIpc) is 2.37. The Hall–Kier alpha value is -0.860. The van der Waals surface area contributed by atoms with Crippen LogP contribution in [0.1, 0.15) is 49.4 Å². The van der Waals surface area contributed by atoms with Crippen molar-refractivity contribution >= 4 is 0 Å². The molecule has 102 valence electrons. The summed E-state index contributed by atoms with van der Waals surface area (Å²) in [6, 6.07) is 6.95. The molecule has 1 aromatic rings. The fourth-order valence-electron chi connectivity index (χ4n) is 2.22. The third-order valence-electron chi connectivity index (χ3n) is 3.63. The van der Waals surface area contributed by atoms with Crippen LogP contribution in [-0.4, -0.2) is 19.8 Å². The van der Waals surface area contributed by atoms with Crippen molar-refractivity contribution in [3.63, 3.8) is 0 Å². The molecule has 0 aromatic heterocycles. The van der Waals surface area contributed by atoms with E-state index in [0.29, 0.717) is 6.04 Å². The molecule has 0 spiro atoms. The van der Waals surface area contributed by atoms with E-state index in [-0.39, 0.29) is 6.10 Å². The summed E-state index contributed by atoms with van der Waals surface area (Å²) in [6.45, 7) is 9.77. The van der Waals surface area contributed by atoms with Gasteiger partial charge >= 0.3 is 0 Å². The Morgan fingerprint density at radius 2 is 2.00 bits per heavy atom. The molecule has 0 fully saturated rings. The minimum absolute atomic E-state index is 0.277. The van der Waals surface area contributed by atoms with Gasteiger partial charge in [0.1, 0.15) is 0 Å². The minimum Gasteiger partial charge on any atom is -0.382 e. The standard InChI is InChI=1S/C16H27NO/c1-6-10-17-16(11-13(3)18-5)15-9-7-8-12(2)14(15)4/h7-9,13,16-17H,6,10-11H2,1-5H3. The summed E-state index contributed by atoms with van der Waals surface area (Å²) in [4.78, 5) is 0. The Morgan fingerprint density at radius 3 is 2.61 bits per heavy atom. The van der Waals surface area contributed by atoms with Crippen molar-refractivity contribution in [3.05, 3.63) is 34.9 Å². The highest BCUT2D eigenvalue weighted by Crippen LogP contribution is 2.24. The summed E-state index contributed by atoms with van der Waals surface area (Å²) in [7, 11) is 1.78. The SMILES string of the molecule is CCCNC(CC(C)OC)c1cccc(C)c1C. The first-order chi connectivity index (χ1) is 8.60. The monoisotopic (exact) mass is 249 g/mol. The van der Waals surface area contributed by atoms with Gasteiger partial charge < -0.3 is 10.1 Å². The van der Waals surface area contributed by atoms with E-state index < -0.39 is 0 Å². The zero-order valence-electron chi connectivity index (χ0n) is 12.4. The molecule has 1 rings (SSSR count). The molecule has 2 nitrogen and oxygen atoms in total. The molecule has 0 bridgehead atoms. The van der Waals surface area contributed by atoms with Crippen LogP contribution in [0.25, 0.3) is 0 Å². The van der Waals surface area contributed by atoms with Crippen molar-refractivity contribution in [2.24, 2.45) is 0 Å². The second kappa shape index (κ2) is 7.55. The molecule has 1 N–H and O–H groups in total. The van der Waals surface area contributed by atoms with Crippen LogP contribution in [0.3, 0.4) is 0 Å². The van der Waals surface area contributed by atoms with Crippen LogP contribution in [0.15, 0.2) is 18.2 Å². The molecule has 2 unspecified atom stereocenters. The third-order valence-corrected chi connectivity index (χ3v) is 3.63. The van der Waals surface area contributed by atoms with Crippen LogP contribution in [0, 0.1) is 13.8 Å². The number of nitrogens with one attached hydrogen (secondary N) is 1. The number of hydrogen-bond acceptors (Lipinski definition) is 2. The Bertz CT molecular complexity index is 362. The van der Waals surface area contributed by atoms with Gasteiger partial charge in [-0.2, -0.15) is 0 Å². The lowest BCUT2D eigenvalue weighted by Crippen LogP contribution is -2.26. The highest BCUT2D eigenvalue weighted by atomic mass is 16.5. The van der Waals surface area contributed by atoms with Gasteiger partial charge in [-0.15, -0.1) is 0 Å². The maximum absolute atomic E-state index is 5.41. The van der Waals surface area contributed by atoms with E-state index in [2.05, 4.69) is 51.2 Å². The molecule has 2 atom stereocenters. The highest BCUT2D eigenvalue weighted by Gasteiger charge is 2.16. The van der Waals surface area contributed by atoms with Gasteiger partial charge in [0, 0.05) is 13.2 Å². The number of aryl methyl sites for hydroxylation is 1. The van der Waals surface area contributed by atoms with Crippen LogP contribution in [0.2, 0.25) is 0 Å². The van der Waals surface area contributed by atoms with E-state index in [1.54, 1.807) is 7.11 Å². The number of ether oxygens (including phenoxy) is 1. The normalized spacial score (nSPS) is 14.5. The first-order valence-electron chi connectivity index (χ1n) is 6.92. The van der Waals surface area contributed by atoms with Gasteiger partial charge in [0.15, 0.2) is 0 Å². The van der Waals surface area contributed by atoms with Gasteiger partial charge in [-0.05, 0) is 56.8 Å². The number of benzene rings is 1. The van der Waals surface area contributed by atoms with Crippen LogP contribution >= 0.6 is 0 Å². The van der Waals surface area contributed by atoms with E-state index in [9.17, 15) is 0 Å². The number of methoxy groups -OCH3 is 1. The molecule has 0 aliphatic heterocycles. The maximum Gasteiger partial charge on any atom is 0.0561 e. The zero-order chi connectivity index (χ0) is 13.5. The van der Waals surface area contributed by atoms with Crippen molar-refractivity contribution in [1.29, 1.82) is 0 Å². The van der Waals surface area contributed by atoms with Crippen molar-refractivity contribution in [3.8, 4) is 0 Å². The summed E-state index contributed by atoms with van der Waals surface area (Å²) < 4.78 is 5.41. The zero-order valence-corrected chi connectivity index (χ0v) is 12.4. The average molecular weight is 249 g/mol. The summed E-state index contributed by atoms with van der Waals surface area (Å²) in [5, 5.41) is 3.64. The number of hydrogen-bond donors (Lipinski definition) is 1. The van der Waals surface area contributed by atoms with Gasteiger partial charge in [-0.25, -0.2) is 0 Å². The number of rotatable bonds is 7. The van der Waals surface area contributed by atoms with Crippen molar-refractivity contribution in [1.82, 2.24) is 5.32 Å². The summed E-state index contributed by atoms with van der Waals surface area (Å²) >= 11 is 0. The third kappa shape index (κ3) is 4.11. The van der Waals surface area contributed by atoms with Gasteiger partial charge in [0.2, 0.25) is 0 Å². The minimum atomic E-state index is 0.277. The van der Waals surface area contributed by atoms with E-state index in [1.807, 2.05) is 0 Å². The summed E-state index contributed by atoms with van der Waals surface area (Å²) in [5.74, 6) is 0. The van der Waals surface area contributed by atoms with Crippen molar-refractivity contribution in [2.75, 3.05) is 13.7 Å². The highest BCUT2D eigenvalue weighted by molar-refractivity contribution is 5.35. The molecule has 18 heavy (non-hydrogen) atoms. The van der Waals surface area contributed by atoms with Gasteiger partial charge in [-0.1, -0.05) is 25.1 Å². The van der Waals surface area contributed by atoms with Crippen LogP contribution in [0.5, 0.6) is 0 Å². The predicted molar refractivity (Wildman–Crippen MR) is 78.0 cm³/mol. The lowest BCUT2D eigenvalue weighted by Gasteiger charge is -2.24. The predicted octanol–water partition coefficient (Wildman–Crippen LogP) is 3.77. The Labute approximate surface area is 112 Å². The first-order valence-corrected chi connectivity index (χ1v) is 6.92. The van der Waals surface area contributed by atoms with Crippen molar-refractivity contribution in [2.45, 2.75) is 52.7 Å². The molecule has 0 saturated heterocycles. The summed E-state index contributed by atoms with van der Waals surface area (Å²) in [5.41, 5.74) is 4.17. The van der Waals surface area contributed by atoms with Crippen LogP contribution in [0.4, 0.5) is 0 Å². The quantitative estimate of drug-likeness (QED) is 0.794. The Kier molecular flexibility index (Phi) is 6.37. The Balaban J connectivity index is 2.90. The van der Waals surface area contributed by atoms with Crippen molar-refractivity contribution < 1.29 is 4.74 Å². The topological polar surface area (TPSA) is 21.3 Å². The fourth-order valence-corrected chi connectivity index (χ4v) is 2.22. The Morgan fingerprint density at radius 1 is 1.28 bits per heavy atom. The van der Waals surface area contributed by atoms with Gasteiger partial charge in [0.25, 0.3) is 0 Å². The molecule has 0 saturated carbocycles. The maximum atomic E-state index is 5.41. The lowest BCUT2D eigenvalue weighted by molar-refractivity contribution is 0.100. The molecular weight excluding hydrogens is 222 g/mol. The molecule has 0 aliphatic rings. The van der Waals surface area contributed by atoms with Crippen LogP contribution in [-0.2, 0) is 4.74 Å². The molecular formula is C16H27NO. The molecule has 0 heterocycles. The van der Waals surface area contributed by atoms with Gasteiger partial charge in [0.05, 0.1) is 6.10 Å². The summed E-state index contributed by atoms with van der Waals surface area (Å²) in [6.07, 6.45) is 2.45. The first kappa shape index (κ1) is 15.2. The second-order valence-corrected chi connectivity index (χ2v) is 5.08. The second-order valence-electron chi connectivity index (χ2n) is 5.08. The lowest BCUT2D eigenvalue weighted by atomic mass is 9.94. The van der Waals surface area contributed by atoms with E-state index in [0.717, 1.165) is 19.4 Å². The molecule has 0 radical (unpaired) electrons.